The van der Waals surface area contributed by atoms with E-state index in [4.69, 9.17) is 10.4 Å². The highest BCUT2D eigenvalue weighted by atomic mass is 32.1. The molecule has 1 aromatic heterocycles. The molecule has 0 radical (unpaired) electrons. The van der Waals surface area contributed by atoms with Crippen LogP contribution < -0.4 is 0 Å². The number of nitriles is 1. The maximum absolute atomic E-state index is 9.02. The zero-order valence-corrected chi connectivity index (χ0v) is 9.33. The fraction of sp³-hybridized carbons (Fsp3) is 0.545. The van der Waals surface area contributed by atoms with Crippen LogP contribution in [-0.2, 0) is 6.54 Å². The minimum absolute atomic E-state index is 0.296. The van der Waals surface area contributed by atoms with Gasteiger partial charge in [0.05, 0.1) is 0 Å². The molecule has 1 saturated heterocycles. The monoisotopic (exact) mass is 222 g/mol. The summed E-state index contributed by atoms with van der Waals surface area (Å²) >= 11 is 1.56. The summed E-state index contributed by atoms with van der Waals surface area (Å²) < 4.78 is 0. The van der Waals surface area contributed by atoms with Gasteiger partial charge in [-0.2, -0.15) is 5.26 Å². The molecule has 1 N–H and O–H groups in total. The van der Waals surface area contributed by atoms with Crippen molar-refractivity contribution in [1.82, 2.24) is 4.90 Å². The third kappa shape index (κ3) is 2.57. The van der Waals surface area contributed by atoms with Gasteiger partial charge in [-0.05, 0) is 31.0 Å². The maximum atomic E-state index is 9.02. The van der Waals surface area contributed by atoms with Crippen molar-refractivity contribution >= 4 is 11.3 Å². The molecule has 1 unspecified atom stereocenters. The van der Waals surface area contributed by atoms with E-state index in [1.807, 2.05) is 12.1 Å². The molecular formula is C11H14N2OS. The molecule has 0 amide bonds. The summed E-state index contributed by atoms with van der Waals surface area (Å²) in [5, 5.41) is 17.7. The zero-order valence-electron chi connectivity index (χ0n) is 8.52. The Bertz CT molecular complexity index is 369. The van der Waals surface area contributed by atoms with Gasteiger partial charge in [0.1, 0.15) is 10.9 Å². The maximum Gasteiger partial charge on any atom is 0.110 e. The number of hydrogen-bond donors (Lipinski definition) is 1. The van der Waals surface area contributed by atoms with Crippen LogP contribution in [0.1, 0.15) is 16.2 Å². The molecule has 0 aliphatic carbocycles. The molecule has 1 aliphatic rings. The van der Waals surface area contributed by atoms with Crippen LogP contribution in [0.25, 0.3) is 0 Å². The second kappa shape index (κ2) is 4.75. The molecule has 1 fully saturated rings. The second-order valence-electron chi connectivity index (χ2n) is 3.95. The molecule has 1 atom stereocenters. The van der Waals surface area contributed by atoms with Gasteiger partial charge in [-0.3, -0.25) is 4.90 Å². The van der Waals surface area contributed by atoms with E-state index in [0.29, 0.717) is 12.5 Å². The molecule has 80 valence electrons. The van der Waals surface area contributed by atoms with E-state index in [1.54, 1.807) is 11.3 Å². The number of hydrogen-bond acceptors (Lipinski definition) is 4. The largest absolute Gasteiger partial charge is 0.396 e. The average molecular weight is 222 g/mol. The predicted molar refractivity (Wildman–Crippen MR) is 59.5 cm³/mol. The lowest BCUT2D eigenvalue weighted by molar-refractivity contribution is 0.220. The van der Waals surface area contributed by atoms with Crippen LogP contribution >= 0.6 is 11.3 Å². The summed E-state index contributed by atoms with van der Waals surface area (Å²) in [5.74, 6) is 0.445. The second-order valence-corrected chi connectivity index (χ2v) is 5.12. The SMILES string of the molecule is N#Cc1ccc(CN2CCC(CO)C2)s1. The van der Waals surface area contributed by atoms with Crippen LogP contribution in [0, 0.1) is 17.2 Å². The van der Waals surface area contributed by atoms with E-state index in [0.717, 1.165) is 30.9 Å². The smallest absolute Gasteiger partial charge is 0.110 e. The van der Waals surface area contributed by atoms with Gasteiger partial charge in [-0.15, -0.1) is 11.3 Å². The van der Waals surface area contributed by atoms with Crippen molar-refractivity contribution in [2.75, 3.05) is 19.7 Å². The van der Waals surface area contributed by atoms with Crippen LogP contribution in [0.15, 0.2) is 12.1 Å². The molecule has 4 heteroatoms. The zero-order chi connectivity index (χ0) is 10.7. The van der Waals surface area contributed by atoms with Gasteiger partial charge in [0.15, 0.2) is 0 Å². The number of thiophene rings is 1. The molecule has 0 spiro atoms. The summed E-state index contributed by atoms with van der Waals surface area (Å²) in [6, 6.07) is 6.05. The summed E-state index contributed by atoms with van der Waals surface area (Å²) in [5.41, 5.74) is 0. The van der Waals surface area contributed by atoms with E-state index in [1.165, 1.54) is 4.88 Å². The van der Waals surface area contributed by atoms with Gasteiger partial charge >= 0.3 is 0 Å². The normalized spacial score (nSPS) is 21.7. The quantitative estimate of drug-likeness (QED) is 0.841. The third-order valence-corrected chi connectivity index (χ3v) is 3.75. The number of likely N-dealkylation sites (tertiary alicyclic amines) is 1. The van der Waals surface area contributed by atoms with E-state index in [9.17, 15) is 0 Å². The number of aliphatic hydroxyl groups excluding tert-OH is 1. The molecule has 1 aromatic rings. The molecule has 1 aliphatic heterocycles. The number of rotatable bonds is 3. The van der Waals surface area contributed by atoms with Gasteiger partial charge in [0.25, 0.3) is 0 Å². The summed E-state index contributed by atoms with van der Waals surface area (Å²) in [4.78, 5) is 4.36. The summed E-state index contributed by atoms with van der Waals surface area (Å²) in [7, 11) is 0. The van der Waals surface area contributed by atoms with E-state index in [2.05, 4.69) is 11.0 Å². The van der Waals surface area contributed by atoms with Crippen LogP contribution in [0.2, 0.25) is 0 Å². The molecule has 2 rings (SSSR count). The Hall–Kier alpha value is -0.890. The first-order valence-corrected chi connectivity index (χ1v) is 5.95. The summed E-state index contributed by atoms with van der Waals surface area (Å²) in [6.45, 7) is 3.26. The molecule has 3 nitrogen and oxygen atoms in total. The highest BCUT2D eigenvalue weighted by molar-refractivity contribution is 7.12. The van der Waals surface area contributed by atoms with E-state index < -0.39 is 0 Å². The minimum atomic E-state index is 0.296. The van der Waals surface area contributed by atoms with Gasteiger partial charge in [-0.1, -0.05) is 0 Å². The molecule has 0 aromatic carbocycles. The average Bonchev–Trinajstić information content (AvgIpc) is 2.87. The Morgan fingerprint density at radius 3 is 3.07 bits per heavy atom. The fourth-order valence-electron chi connectivity index (χ4n) is 1.95. The first-order chi connectivity index (χ1) is 7.31. The third-order valence-electron chi connectivity index (χ3n) is 2.78. The van der Waals surface area contributed by atoms with Crippen molar-refractivity contribution in [3.63, 3.8) is 0 Å². The molecular weight excluding hydrogens is 208 g/mol. The van der Waals surface area contributed by atoms with Crippen LogP contribution in [0.3, 0.4) is 0 Å². The molecule has 2 heterocycles. The lowest BCUT2D eigenvalue weighted by Crippen LogP contribution is -2.20. The van der Waals surface area contributed by atoms with Crippen molar-refractivity contribution < 1.29 is 5.11 Å². The van der Waals surface area contributed by atoms with Crippen LogP contribution in [0.4, 0.5) is 0 Å². The van der Waals surface area contributed by atoms with Gasteiger partial charge in [0.2, 0.25) is 0 Å². The van der Waals surface area contributed by atoms with Gasteiger partial charge < -0.3 is 5.11 Å². The first kappa shape index (κ1) is 10.6. The van der Waals surface area contributed by atoms with Crippen molar-refractivity contribution in [2.45, 2.75) is 13.0 Å². The minimum Gasteiger partial charge on any atom is -0.396 e. The lowest BCUT2D eigenvalue weighted by atomic mass is 10.1. The molecule has 0 bridgehead atoms. The Morgan fingerprint density at radius 1 is 1.60 bits per heavy atom. The van der Waals surface area contributed by atoms with Crippen LogP contribution in [-0.4, -0.2) is 29.7 Å². The topological polar surface area (TPSA) is 47.3 Å². The van der Waals surface area contributed by atoms with Crippen molar-refractivity contribution in [2.24, 2.45) is 5.92 Å². The van der Waals surface area contributed by atoms with Gasteiger partial charge in [0, 0.05) is 24.6 Å². The molecule has 15 heavy (non-hydrogen) atoms. The Kier molecular flexibility index (Phi) is 3.37. The van der Waals surface area contributed by atoms with Crippen molar-refractivity contribution in [1.29, 1.82) is 5.26 Å². The number of nitrogens with zero attached hydrogens (tertiary/aromatic N) is 2. The Labute approximate surface area is 93.6 Å². The molecule has 0 saturated carbocycles. The highest BCUT2D eigenvalue weighted by Gasteiger charge is 2.21. The van der Waals surface area contributed by atoms with Crippen LogP contribution in [0.5, 0.6) is 0 Å². The van der Waals surface area contributed by atoms with Crippen molar-refractivity contribution in [3.8, 4) is 6.07 Å². The fourth-order valence-corrected chi connectivity index (χ4v) is 2.80. The van der Waals surface area contributed by atoms with E-state index >= 15 is 0 Å². The Morgan fingerprint density at radius 2 is 2.47 bits per heavy atom. The number of aliphatic hydroxyl groups is 1. The standard InChI is InChI=1S/C11H14N2OS/c12-5-10-1-2-11(15-10)7-13-4-3-9(6-13)8-14/h1-2,9,14H,3-4,6-8H2. The van der Waals surface area contributed by atoms with Gasteiger partial charge in [-0.25, -0.2) is 0 Å². The lowest BCUT2D eigenvalue weighted by Gasteiger charge is -2.13. The van der Waals surface area contributed by atoms with Crippen molar-refractivity contribution in [3.05, 3.63) is 21.9 Å². The summed E-state index contributed by atoms with van der Waals surface area (Å²) in [6.07, 6.45) is 1.09. The predicted octanol–water partition coefficient (Wildman–Crippen LogP) is 1.43. The highest BCUT2D eigenvalue weighted by Crippen LogP contribution is 2.22. The first-order valence-electron chi connectivity index (χ1n) is 5.14. The Balaban J connectivity index is 1.90. The van der Waals surface area contributed by atoms with E-state index in [-0.39, 0.29) is 0 Å².